The first-order chi connectivity index (χ1) is 11.2. The number of aliphatic hydroxyl groups excluding tert-OH is 1. The van der Waals surface area contributed by atoms with Crippen molar-refractivity contribution in [3.63, 3.8) is 0 Å². The molecule has 0 radical (unpaired) electrons. The van der Waals surface area contributed by atoms with E-state index in [-0.39, 0.29) is 12.4 Å². The van der Waals surface area contributed by atoms with Crippen LogP contribution in [0.25, 0.3) is 0 Å². The molecule has 0 aliphatic carbocycles. The average Bonchev–Trinajstić information content (AvgIpc) is 2.54. The molecule has 0 spiro atoms. The summed E-state index contributed by atoms with van der Waals surface area (Å²) >= 11 is 0. The second kappa shape index (κ2) is 11.9. The maximum Gasteiger partial charge on any atom is 0.191 e. The molecule has 4 nitrogen and oxygen atoms in total. The molecule has 5 heteroatoms. The lowest BCUT2D eigenvalue weighted by atomic mass is 10.0. The van der Waals surface area contributed by atoms with E-state index < -0.39 is 0 Å². The molecule has 0 fully saturated rings. The minimum atomic E-state index is -0.206. The van der Waals surface area contributed by atoms with Gasteiger partial charge in [0.1, 0.15) is 5.82 Å². The summed E-state index contributed by atoms with van der Waals surface area (Å²) in [5.74, 6) is 1.02. The van der Waals surface area contributed by atoms with Crippen LogP contribution in [0.5, 0.6) is 0 Å². The number of benzene rings is 1. The fourth-order valence-electron chi connectivity index (χ4n) is 2.46. The Bertz CT molecular complexity index is 442. The summed E-state index contributed by atoms with van der Waals surface area (Å²) in [5.41, 5.74) is 1.10. The number of aliphatic hydroxyl groups is 1. The topological polar surface area (TPSA) is 56.7 Å². The number of aliphatic imine (C=N–C) groups is 1. The largest absolute Gasteiger partial charge is 0.396 e. The molecule has 1 aromatic carbocycles. The second-order valence-electron chi connectivity index (χ2n) is 5.69. The Balaban J connectivity index is 2.46. The van der Waals surface area contributed by atoms with Crippen molar-refractivity contribution in [2.24, 2.45) is 10.9 Å². The van der Waals surface area contributed by atoms with E-state index in [1.165, 1.54) is 12.1 Å². The zero-order valence-electron chi connectivity index (χ0n) is 14.3. The van der Waals surface area contributed by atoms with Gasteiger partial charge in [-0.2, -0.15) is 0 Å². The number of halogens is 1. The fraction of sp³-hybridized carbons (Fsp3) is 0.611. The highest BCUT2D eigenvalue weighted by molar-refractivity contribution is 5.79. The van der Waals surface area contributed by atoms with Crippen molar-refractivity contribution in [2.75, 3.05) is 26.2 Å². The zero-order valence-corrected chi connectivity index (χ0v) is 14.3. The van der Waals surface area contributed by atoms with Crippen molar-refractivity contribution in [1.82, 2.24) is 10.6 Å². The summed E-state index contributed by atoms with van der Waals surface area (Å²) < 4.78 is 12.9. The van der Waals surface area contributed by atoms with Crippen LogP contribution in [0.4, 0.5) is 4.39 Å². The van der Waals surface area contributed by atoms with Gasteiger partial charge in [-0.15, -0.1) is 0 Å². The molecule has 3 N–H and O–H groups in total. The maximum atomic E-state index is 12.9. The molecule has 1 atom stereocenters. The average molecular weight is 323 g/mol. The molecule has 0 saturated heterocycles. The third-order valence-corrected chi connectivity index (χ3v) is 3.71. The molecule has 130 valence electrons. The van der Waals surface area contributed by atoms with Gasteiger partial charge in [0.2, 0.25) is 0 Å². The van der Waals surface area contributed by atoms with Gasteiger partial charge in [0.15, 0.2) is 5.96 Å². The van der Waals surface area contributed by atoms with Crippen LogP contribution in [0.15, 0.2) is 29.3 Å². The zero-order chi connectivity index (χ0) is 16.9. The summed E-state index contributed by atoms with van der Waals surface area (Å²) in [5, 5.41) is 15.7. The standard InChI is InChI=1S/C18H30FN3O/c1-3-5-16(11-13-23)14-22-18(20-4-2)21-12-10-15-6-8-17(19)9-7-15/h6-9,16,23H,3-5,10-14H2,1-2H3,(H2,20,21,22). The molecule has 0 aromatic heterocycles. The Kier molecular flexibility index (Phi) is 10.0. The van der Waals surface area contributed by atoms with Crippen LogP contribution < -0.4 is 10.6 Å². The summed E-state index contributed by atoms with van der Waals surface area (Å²) in [7, 11) is 0. The van der Waals surface area contributed by atoms with Crippen molar-refractivity contribution >= 4 is 5.96 Å². The molecule has 0 bridgehead atoms. The molecule has 0 saturated carbocycles. The Morgan fingerprint density at radius 3 is 2.52 bits per heavy atom. The van der Waals surface area contributed by atoms with E-state index in [2.05, 4.69) is 22.5 Å². The van der Waals surface area contributed by atoms with Crippen molar-refractivity contribution in [1.29, 1.82) is 0 Å². The smallest absolute Gasteiger partial charge is 0.191 e. The Labute approximate surface area is 139 Å². The fourth-order valence-corrected chi connectivity index (χ4v) is 2.46. The lowest BCUT2D eigenvalue weighted by Crippen LogP contribution is -2.38. The Morgan fingerprint density at radius 1 is 1.17 bits per heavy atom. The van der Waals surface area contributed by atoms with E-state index in [1.54, 1.807) is 12.1 Å². The number of nitrogens with zero attached hydrogens (tertiary/aromatic N) is 1. The minimum absolute atomic E-state index is 0.206. The molecule has 0 aliphatic rings. The SMILES string of the molecule is CCCC(CCO)CN=C(NCC)NCCc1ccc(F)cc1. The van der Waals surface area contributed by atoms with Crippen LogP contribution >= 0.6 is 0 Å². The van der Waals surface area contributed by atoms with Crippen LogP contribution in [0.1, 0.15) is 38.7 Å². The van der Waals surface area contributed by atoms with Gasteiger partial charge in [-0.1, -0.05) is 25.5 Å². The van der Waals surface area contributed by atoms with Gasteiger partial charge in [-0.05, 0) is 49.8 Å². The molecule has 23 heavy (non-hydrogen) atoms. The van der Waals surface area contributed by atoms with Crippen LogP contribution in [-0.2, 0) is 6.42 Å². The van der Waals surface area contributed by atoms with Crippen LogP contribution in [0, 0.1) is 11.7 Å². The maximum absolute atomic E-state index is 12.9. The number of hydrogen-bond donors (Lipinski definition) is 3. The molecular weight excluding hydrogens is 293 g/mol. The Hall–Kier alpha value is -1.62. The van der Waals surface area contributed by atoms with E-state index >= 15 is 0 Å². The van der Waals surface area contributed by atoms with Gasteiger partial charge in [-0.3, -0.25) is 4.99 Å². The predicted octanol–water partition coefficient (Wildman–Crippen LogP) is 2.72. The lowest BCUT2D eigenvalue weighted by Gasteiger charge is -2.15. The third kappa shape index (κ3) is 8.55. The summed E-state index contributed by atoms with van der Waals surface area (Å²) in [6.07, 6.45) is 3.81. The molecule has 0 heterocycles. The predicted molar refractivity (Wildman–Crippen MR) is 94.2 cm³/mol. The minimum Gasteiger partial charge on any atom is -0.396 e. The summed E-state index contributed by atoms with van der Waals surface area (Å²) in [4.78, 5) is 4.62. The van der Waals surface area contributed by atoms with Crippen molar-refractivity contribution < 1.29 is 9.50 Å². The van der Waals surface area contributed by atoms with Gasteiger partial charge in [0, 0.05) is 26.2 Å². The first kappa shape index (κ1) is 19.4. The third-order valence-electron chi connectivity index (χ3n) is 3.71. The highest BCUT2D eigenvalue weighted by Gasteiger charge is 2.07. The first-order valence-electron chi connectivity index (χ1n) is 8.57. The molecule has 1 rings (SSSR count). The van der Waals surface area contributed by atoms with Crippen molar-refractivity contribution in [2.45, 2.75) is 39.5 Å². The molecular formula is C18H30FN3O. The summed E-state index contributed by atoms with van der Waals surface area (Å²) in [6.45, 7) is 6.68. The van der Waals surface area contributed by atoms with Gasteiger partial charge in [0.25, 0.3) is 0 Å². The number of hydrogen-bond acceptors (Lipinski definition) is 2. The van der Waals surface area contributed by atoms with E-state index in [0.717, 1.165) is 56.8 Å². The second-order valence-corrected chi connectivity index (χ2v) is 5.69. The number of nitrogens with one attached hydrogen (secondary N) is 2. The molecule has 0 aliphatic heterocycles. The quantitative estimate of drug-likeness (QED) is 0.458. The highest BCUT2D eigenvalue weighted by atomic mass is 19.1. The van der Waals surface area contributed by atoms with E-state index in [0.29, 0.717) is 5.92 Å². The van der Waals surface area contributed by atoms with E-state index in [1.807, 2.05) is 6.92 Å². The number of guanidine groups is 1. The molecule has 1 aromatic rings. The first-order valence-corrected chi connectivity index (χ1v) is 8.57. The number of rotatable bonds is 10. The van der Waals surface area contributed by atoms with Crippen molar-refractivity contribution in [3.8, 4) is 0 Å². The van der Waals surface area contributed by atoms with E-state index in [4.69, 9.17) is 5.11 Å². The van der Waals surface area contributed by atoms with Gasteiger partial charge in [0.05, 0.1) is 0 Å². The highest BCUT2D eigenvalue weighted by Crippen LogP contribution is 2.11. The van der Waals surface area contributed by atoms with Crippen LogP contribution in [0.2, 0.25) is 0 Å². The van der Waals surface area contributed by atoms with Crippen molar-refractivity contribution in [3.05, 3.63) is 35.6 Å². The Morgan fingerprint density at radius 2 is 1.91 bits per heavy atom. The molecule has 0 amide bonds. The summed E-state index contributed by atoms with van der Waals surface area (Å²) in [6, 6.07) is 6.58. The van der Waals surface area contributed by atoms with Gasteiger partial charge in [-0.25, -0.2) is 4.39 Å². The monoisotopic (exact) mass is 323 g/mol. The van der Waals surface area contributed by atoms with Gasteiger partial charge >= 0.3 is 0 Å². The normalized spacial score (nSPS) is 13.0. The lowest BCUT2D eigenvalue weighted by molar-refractivity contribution is 0.253. The molecule has 1 unspecified atom stereocenters. The van der Waals surface area contributed by atoms with Gasteiger partial charge < -0.3 is 15.7 Å². The van der Waals surface area contributed by atoms with Crippen LogP contribution in [-0.4, -0.2) is 37.3 Å². The van der Waals surface area contributed by atoms with E-state index in [9.17, 15) is 4.39 Å². The van der Waals surface area contributed by atoms with Crippen LogP contribution in [0.3, 0.4) is 0 Å².